The first-order valence-electron chi connectivity index (χ1n) is 9.24. The highest BCUT2D eigenvalue weighted by Crippen LogP contribution is 2.25. The first-order chi connectivity index (χ1) is 13.6. The summed E-state index contributed by atoms with van der Waals surface area (Å²) in [4.78, 5) is 24.6. The maximum atomic E-state index is 12.3. The van der Waals surface area contributed by atoms with Crippen molar-refractivity contribution in [3.63, 3.8) is 0 Å². The predicted octanol–water partition coefficient (Wildman–Crippen LogP) is 3.23. The summed E-state index contributed by atoms with van der Waals surface area (Å²) >= 11 is 0. The molecule has 0 aromatic heterocycles. The third-order valence-electron chi connectivity index (χ3n) is 4.32. The van der Waals surface area contributed by atoms with E-state index in [1.54, 1.807) is 25.1 Å². The summed E-state index contributed by atoms with van der Waals surface area (Å²) in [7, 11) is 2.98. The Morgan fingerprint density at radius 1 is 0.862 bits per heavy atom. The molecule has 0 aliphatic carbocycles. The minimum atomic E-state index is -0.796. The number of hydrazine groups is 1. The molecule has 2 N–H and O–H groups in total. The molecule has 156 valence electrons. The van der Waals surface area contributed by atoms with Gasteiger partial charge in [-0.1, -0.05) is 32.9 Å². The van der Waals surface area contributed by atoms with E-state index in [0.717, 1.165) is 0 Å². The number of carbonyl (C=O) groups is 2. The zero-order valence-corrected chi connectivity index (χ0v) is 17.7. The van der Waals surface area contributed by atoms with Crippen LogP contribution in [0, 0.1) is 0 Å². The number of rotatable bonds is 6. The van der Waals surface area contributed by atoms with E-state index in [2.05, 4.69) is 31.6 Å². The Morgan fingerprint density at radius 2 is 1.41 bits per heavy atom. The second kappa shape index (κ2) is 9.32. The third kappa shape index (κ3) is 6.14. The minimum absolute atomic E-state index is 0.0363. The van der Waals surface area contributed by atoms with Crippen molar-refractivity contribution in [1.82, 2.24) is 10.9 Å². The summed E-state index contributed by atoms with van der Waals surface area (Å²) in [6, 6.07) is 12.3. The summed E-state index contributed by atoms with van der Waals surface area (Å²) < 4.78 is 15.9. The summed E-state index contributed by atoms with van der Waals surface area (Å²) in [5.74, 6) is 0.530. The Kier molecular flexibility index (Phi) is 7.09. The Labute approximate surface area is 171 Å². The van der Waals surface area contributed by atoms with Crippen LogP contribution in [0.5, 0.6) is 17.2 Å². The van der Waals surface area contributed by atoms with Crippen molar-refractivity contribution in [2.75, 3.05) is 14.2 Å². The van der Waals surface area contributed by atoms with Crippen LogP contribution in [0.2, 0.25) is 0 Å². The summed E-state index contributed by atoms with van der Waals surface area (Å²) in [6.07, 6.45) is -0.796. The normalized spacial score (nSPS) is 11.9. The lowest BCUT2D eigenvalue weighted by Gasteiger charge is -2.20. The van der Waals surface area contributed by atoms with Crippen LogP contribution in [-0.4, -0.2) is 32.1 Å². The Morgan fingerprint density at radius 3 is 1.90 bits per heavy atom. The van der Waals surface area contributed by atoms with Gasteiger partial charge in [0.25, 0.3) is 11.8 Å². The van der Waals surface area contributed by atoms with E-state index < -0.39 is 17.9 Å². The number of hydrogen-bond donors (Lipinski definition) is 2. The van der Waals surface area contributed by atoms with Crippen molar-refractivity contribution in [2.45, 2.75) is 39.2 Å². The number of carbonyl (C=O) groups excluding carboxylic acids is 2. The van der Waals surface area contributed by atoms with E-state index in [-0.39, 0.29) is 11.0 Å². The molecule has 0 saturated heterocycles. The maximum absolute atomic E-state index is 12.3. The number of methoxy groups -OCH3 is 2. The van der Waals surface area contributed by atoms with Gasteiger partial charge in [0.1, 0.15) is 17.2 Å². The molecule has 0 spiro atoms. The van der Waals surface area contributed by atoms with E-state index in [1.807, 2.05) is 24.3 Å². The van der Waals surface area contributed by atoms with Gasteiger partial charge in [0.15, 0.2) is 6.10 Å². The zero-order valence-electron chi connectivity index (χ0n) is 17.7. The summed E-state index contributed by atoms with van der Waals surface area (Å²) in [5, 5.41) is 0. The van der Waals surface area contributed by atoms with Crippen molar-refractivity contribution in [1.29, 1.82) is 0 Å². The second-order valence-electron chi connectivity index (χ2n) is 7.58. The van der Waals surface area contributed by atoms with Crippen LogP contribution in [0.1, 0.15) is 43.6 Å². The number of amides is 2. The SMILES string of the molecule is COc1cc(OC)cc(C(=O)NNC(=O)[C@H](C)Oc2ccc(C(C)(C)C)cc2)c1. The van der Waals surface area contributed by atoms with E-state index in [0.29, 0.717) is 17.2 Å². The second-order valence-corrected chi connectivity index (χ2v) is 7.58. The molecule has 2 rings (SSSR count). The number of benzene rings is 2. The fourth-order valence-corrected chi connectivity index (χ4v) is 2.52. The van der Waals surface area contributed by atoms with Crippen molar-refractivity contribution < 1.29 is 23.8 Å². The third-order valence-corrected chi connectivity index (χ3v) is 4.32. The fraction of sp³-hybridized carbons (Fsp3) is 0.364. The van der Waals surface area contributed by atoms with Crippen LogP contribution in [0.15, 0.2) is 42.5 Å². The summed E-state index contributed by atoms with van der Waals surface area (Å²) in [6.45, 7) is 7.98. The van der Waals surface area contributed by atoms with Gasteiger partial charge in [-0.25, -0.2) is 0 Å². The minimum Gasteiger partial charge on any atom is -0.497 e. The van der Waals surface area contributed by atoms with Gasteiger partial charge in [0, 0.05) is 11.6 Å². The molecule has 2 aromatic rings. The first kappa shape index (κ1) is 22.1. The quantitative estimate of drug-likeness (QED) is 0.727. The maximum Gasteiger partial charge on any atom is 0.279 e. The van der Waals surface area contributed by atoms with E-state index in [4.69, 9.17) is 14.2 Å². The van der Waals surface area contributed by atoms with E-state index >= 15 is 0 Å². The molecule has 7 nitrogen and oxygen atoms in total. The van der Waals surface area contributed by atoms with Gasteiger partial charge in [-0.3, -0.25) is 20.4 Å². The lowest BCUT2D eigenvalue weighted by Crippen LogP contribution is -2.47. The standard InChI is InChI=1S/C22H28N2O5/c1-14(29-17-9-7-16(8-10-17)22(2,3)4)20(25)23-24-21(26)15-11-18(27-5)13-19(12-15)28-6/h7-14H,1-6H3,(H,23,25)(H,24,26)/t14-/m0/s1. The van der Waals surface area contributed by atoms with Gasteiger partial charge in [-0.15, -0.1) is 0 Å². The van der Waals surface area contributed by atoms with Crippen molar-refractivity contribution in [2.24, 2.45) is 0 Å². The molecule has 0 heterocycles. The largest absolute Gasteiger partial charge is 0.497 e. The number of hydrogen-bond acceptors (Lipinski definition) is 5. The van der Waals surface area contributed by atoms with Crippen LogP contribution < -0.4 is 25.1 Å². The molecule has 0 fully saturated rings. The Hall–Kier alpha value is -3.22. The molecule has 1 atom stereocenters. The Balaban J connectivity index is 1.94. The molecule has 29 heavy (non-hydrogen) atoms. The molecule has 2 aromatic carbocycles. The lowest BCUT2D eigenvalue weighted by molar-refractivity contribution is -0.128. The van der Waals surface area contributed by atoms with Crippen molar-refractivity contribution >= 4 is 11.8 Å². The predicted molar refractivity (Wildman–Crippen MR) is 110 cm³/mol. The Bertz CT molecular complexity index is 834. The van der Waals surface area contributed by atoms with Crippen molar-refractivity contribution in [3.05, 3.63) is 53.6 Å². The van der Waals surface area contributed by atoms with Gasteiger partial charge < -0.3 is 14.2 Å². The van der Waals surface area contributed by atoms with E-state index in [1.165, 1.54) is 19.8 Å². The van der Waals surface area contributed by atoms with Gasteiger partial charge in [0.2, 0.25) is 0 Å². The molecule has 0 saturated carbocycles. The van der Waals surface area contributed by atoms with Crippen molar-refractivity contribution in [3.8, 4) is 17.2 Å². The number of ether oxygens (including phenoxy) is 3. The van der Waals surface area contributed by atoms with Crippen LogP contribution in [0.4, 0.5) is 0 Å². The lowest BCUT2D eigenvalue weighted by atomic mass is 9.87. The molecule has 2 amide bonds. The fourth-order valence-electron chi connectivity index (χ4n) is 2.52. The topological polar surface area (TPSA) is 85.9 Å². The average molecular weight is 400 g/mol. The van der Waals surface area contributed by atoms with Crippen LogP contribution in [0.3, 0.4) is 0 Å². The average Bonchev–Trinajstić information content (AvgIpc) is 2.70. The smallest absolute Gasteiger partial charge is 0.279 e. The molecular weight excluding hydrogens is 372 g/mol. The molecular formula is C22H28N2O5. The highest BCUT2D eigenvalue weighted by atomic mass is 16.5. The highest BCUT2D eigenvalue weighted by Gasteiger charge is 2.18. The highest BCUT2D eigenvalue weighted by molar-refractivity contribution is 5.96. The van der Waals surface area contributed by atoms with Gasteiger partial charge >= 0.3 is 0 Å². The van der Waals surface area contributed by atoms with Gasteiger partial charge in [-0.05, 0) is 42.2 Å². The van der Waals surface area contributed by atoms with Gasteiger partial charge in [0.05, 0.1) is 14.2 Å². The van der Waals surface area contributed by atoms with Crippen LogP contribution in [-0.2, 0) is 10.2 Å². The zero-order chi connectivity index (χ0) is 21.6. The monoisotopic (exact) mass is 400 g/mol. The molecule has 0 radical (unpaired) electrons. The summed E-state index contributed by atoms with van der Waals surface area (Å²) in [5.41, 5.74) is 6.22. The van der Waals surface area contributed by atoms with Crippen LogP contribution in [0.25, 0.3) is 0 Å². The molecule has 0 unspecified atom stereocenters. The molecule has 0 aliphatic heterocycles. The molecule has 0 aliphatic rings. The van der Waals surface area contributed by atoms with Gasteiger partial charge in [-0.2, -0.15) is 0 Å². The first-order valence-corrected chi connectivity index (χ1v) is 9.24. The molecule has 0 bridgehead atoms. The van der Waals surface area contributed by atoms with E-state index in [9.17, 15) is 9.59 Å². The van der Waals surface area contributed by atoms with Crippen LogP contribution >= 0.6 is 0 Å². The number of nitrogens with one attached hydrogen (secondary N) is 2. The molecule has 7 heteroatoms.